The molecule has 5 heterocycles. The van der Waals surface area contributed by atoms with Gasteiger partial charge in [-0.3, -0.25) is 0 Å². The zero-order valence-corrected chi connectivity index (χ0v) is 18.8. The SMILES string of the molecule is COc1ccccc1-c1cc2cc3nc(cc4ccc(cc5nc(cc1[nH]2)C=C5)[nH]4)C=C3.[Co]. The van der Waals surface area contributed by atoms with E-state index in [1.54, 1.807) is 7.11 Å². The Balaban J connectivity index is 0.00000228. The first-order valence-electron chi connectivity index (χ1n) is 10.5. The second-order valence-electron chi connectivity index (χ2n) is 7.79. The van der Waals surface area contributed by atoms with Gasteiger partial charge >= 0.3 is 0 Å². The number of methoxy groups -OCH3 is 1. The molecule has 0 saturated heterocycles. The maximum Gasteiger partial charge on any atom is 0.126 e. The summed E-state index contributed by atoms with van der Waals surface area (Å²) >= 11 is 0. The number of benzene rings is 1. The first-order chi connectivity index (χ1) is 15.7. The number of para-hydroxylation sites is 1. The van der Waals surface area contributed by atoms with Crippen LogP contribution in [0, 0.1) is 0 Å². The summed E-state index contributed by atoms with van der Waals surface area (Å²) in [5.41, 5.74) is 9.63. The van der Waals surface area contributed by atoms with Crippen LogP contribution in [0.15, 0.2) is 66.7 Å². The van der Waals surface area contributed by atoms with Gasteiger partial charge in [0.2, 0.25) is 0 Å². The average Bonchev–Trinajstić information content (AvgIpc) is 3.59. The van der Waals surface area contributed by atoms with E-state index in [0.717, 1.165) is 61.7 Å². The van der Waals surface area contributed by atoms with Gasteiger partial charge in [-0.05, 0) is 72.8 Å². The fraction of sp³-hybridized carbons (Fsp3) is 0.0370. The Morgan fingerprint density at radius 3 is 1.82 bits per heavy atom. The maximum atomic E-state index is 5.63. The molecular weight excluding hydrogens is 455 g/mol. The minimum Gasteiger partial charge on any atom is -0.496 e. The first-order valence-corrected chi connectivity index (χ1v) is 10.5. The van der Waals surface area contributed by atoms with Crippen LogP contribution in [-0.4, -0.2) is 27.0 Å². The molecule has 5 nitrogen and oxygen atoms in total. The van der Waals surface area contributed by atoms with Crippen molar-refractivity contribution in [2.24, 2.45) is 0 Å². The zero-order valence-electron chi connectivity index (χ0n) is 17.8. The first kappa shape index (κ1) is 21.0. The molecule has 33 heavy (non-hydrogen) atoms. The van der Waals surface area contributed by atoms with Gasteiger partial charge in [-0.15, -0.1) is 0 Å². The summed E-state index contributed by atoms with van der Waals surface area (Å²) in [5, 5.41) is 0. The number of rotatable bonds is 2. The number of ether oxygens (including phenoxy) is 1. The number of nitrogens with one attached hydrogen (secondary N) is 2. The Morgan fingerprint density at radius 1 is 0.606 bits per heavy atom. The quantitative estimate of drug-likeness (QED) is 0.308. The standard InChI is InChI=1S/C27H20N4O.Co/c1-32-27-5-3-2-4-24(27)25-15-23-14-21-9-8-19(29-21)12-17-6-7-18(28-17)13-20-10-11-22(30-20)16-26(25)31-23;/h2-16,28,31H,1H3;. The number of H-pyrrole nitrogens is 2. The zero-order chi connectivity index (χ0) is 21.5. The molecule has 2 N–H and O–H groups in total. The molecule has 6 heteroatoms. The van der Waals surface area contributed by atoms with Crippen LogP contribution in [0.1, 0.15) is 22.8 Å². The van der Waals surface area contributed by atoms with Gasteiger partial charge in [-0.25, -0.2) is 9.97 Å². The van der Waals surface area contributed by atoms with Crippen molar-refractivity contribution >= 4 is 46.4 Å². The van der Waals surface area contributed by atoms with Gasteiger partial charge in [0.15, 0.2) is 0 Å². The molecule has 2 aliphatic heterocycles. The van der Waals surface area contributed by atoms with Gasteiger partial charge in [0.05, 0.1) is 29.9 Å². The summed E-state index contributed by atoms with van der Waals surface area (Å²) in [6.45, 7) is 0. The molecule has 0 spiro atoms. The Labute approximate surface area is 201 Å². The summed E-state index contributed by atoms with van der Waals surface area (Å²) in [5.74, 6) is 0.828. The number of aromatic nitrogens is 4. The second-order valence-corrected chi connectivity index (χ2v) is 7.79. The van der Waals surface area contributed by atoms with Crippen LogP contribution in [0.3, 0.4) is 0 Å². The monoisotopic (exact) mass is 475 g/mol. The summed E-state index contributed by atoms with van der Waals surface area (Å²) in [6.07, 6.45) is 8.10. The van der Waals surface area contributed by atoms with Gasteiger partial charge in [0, 0.05) is 50.0 Å². The Kier molecular flexibility index (Phi) is 5.46. The third-order valence-electron chi connectivity index (χ3n) is 5.57. The van der Waals surface area contributed by atoms with E-state index < -0.39 is 0 Å². The third kappa shape index (κ3) is 4.14. The number of aromatic amines is 2. The van der Waals surface area contributed by atoms with Crippen molar-refractivity contribution in [3.63, 3.8) is 0 Å². The molecule has 4 aromatic rings. The van der Waals surface area contributed by atoms with Crippen molar-refractivity contribution < 1.29 is 21.5 Å². The van der Waals surface area contributed by atoms with E-state index in [9.17, 15) is 0 Å². The van der Waals surface area contributed by atoms with E-state index in [4.69, 9.17) is 14.7 Å². The molecule has 0 fully saturated rings. The predicted octanol–water partition coefficient (Wildman–Crippen LogP) is 6.33. The number of hydrogen-bond donors (Lipinski definition) is 2. The fourth-order valence-corrected chi connectivity index (χ4v) is 4.11. The van der Waals surface area contributed by atoms with Crippen LogP contribution in [0.2, 0.25) is 0 Å². The van der Waals surface area contributed by atoms with Crippen molar-refractivity contribution in [2.45, 2.75) is 0 Å². The molecular formula is C27H20CoN4O. The molecule has 1 radical (unpaired) electrons. The van der Waals surface area contributed by atoms with Crippen LogP contribution >= 0.6 is 0 Å². The van der Waals surface area contributed by atoms with Crippen LogP contribution in [0.4, 0.5) is 0 Å². The van der Waals surface area contributed by atoms with E-state index in [2.05, 4.69) is 40.3 Å². The molecule has 0 unspecified atom stereocenters. The van der Waals surface area contributed by atoms with E-state index >= 15 is 0 Å². The second kappa shape index (κ2) is 8.58. The number of fused-ring (bicyclic) bond motifs is 8. The van der Waals surface area contributed by atoms with Crippen LogP contribution in [0.5, 0.6) is 5.75 Å². The predicted molar refractivity (Wildman–Crippen MR) is 131 cm³/mol. The van der Waals surface area contributed by atoms with Gasteiger partial charge in [-0.1, -0.05) is 18.2 Å². The van der Waals surface area contributed by atoms with Gasteiger partial charge in [0.1, 0.15) is 5.75 Å². The van der Waals surface area contributed by atoms with Crippen LogP contribution in [-0.2, 0) is 16.8 Å². The largest absolute Gasteiger partial charge is 0.496 e. The van der Waals surface area contributed by atoms with Crippen molar-refractivity contribution in [3.8, 4) is 16.9 Å². The minimum absolute atomic E-state index is 0. The van der Waals surface area contributed by atoms with Crippen molar-refractivity contribution in [3.05, 3.63) is 89.5 Å². The minimum atomic E-state index is 0. The summed E-state index contributed by atoms with van der Waals surface area (Å²) < 4.78 is 5.63. The van der Waals surface area contributed by atoms with Crippen molar-refractivity contribution in [2.75, 3.05) is 7.11 Å². The van der Waals surface area contributed by atoms with Crippen molar-refractivity contribution in [1.82, 2.24) is 19.9 Å². The average molecular weight is 475 g/mol. The van der Waals surface area contributed by atoms with E-state index in [0.29, 0.717) is 0 Å². The molecule has 0 saturated carbocycles. The Hall–Kier alpha value is -3.87. The molecule has 8 bridgehead atoms. The van der Waals surface area contributed by atoms with Gasteiger partial charge in [0.25, 0.3) is 0 Å². The number of hydrogen-bond acceptors (Lipinski definition) is 3. The summed E-state index contributed by atoms with van der Waals surface area (Å²) in [6, 6.07) is 22.5. The van der Waals surface area contributed by atoms with E-state index in [1.807, 2.05) is 60.7 Å². The van der Waals surface area contributed by atoms with E-state index in [-0.39, 0.29) is 16.8 Å². The molecule has 6 rings (SSSR count). The summed E-state index contributed by atoms with van der Waals surface area (Å²) in [7, 11) is 1.70. The molecule has 2 aliphatic rings. The summed E-state index contributed by atoms with van der Waals surface area (Å²) in [4.78, 5) is 16.5. The normalized spacial score (nSPS) is 11.9. The molecule has 0 aliphatic carbocycles. The molecule has 0 atom stereocenters. The fourth-order valence-electron chi connectivity index (χ4n) is 4.11. The van der Waals surface area contributed by atoms with Crippen LogP contribution in [0.25, 0.3) is 57.5 Å². The van der Waals surface area contributed by atoms with Gasteiger partial charge in [-0.2, -0.15) is 0 Å². The maximum absolute atomic E-state index is 5.63. The Morgan fingerprint density at radius 2 is 1.18 bits per heavy atom. The Bertz CT molecular complexity index is 1580. The number of nitrogens with zero attached hydrogens (tertiary/aromatic N) is 2. The van der Waals surface area contributed by atoms with Crippen LogP contribution < -0.4 is 4.74 Å². The molecule has 0 amide bonds. The smallest absolute Gasteiger partial charge is 0.126 e. The van der Waals surface area contributed by atoms with E-state index in [1.165, 1.54) is 0 Å². The van der Waals surface area contributed by atoms with Crippen molar-refractivity contribution in [1.29, 1.82) is 0 Å². The molecule has 3 aromatic heterocycles. The molecule has 1 aromatic carbocycles. The van der Waals surface area contributed by atoms with Gasteiger partial charge < -0.3 is 14.7 Å². The molecule has 163 valence electrons. The third-order valence-corrected chi connectivity index (χ3v) is 5.57. The topological polar surface area (TPSA) is 66.6 Å².